The van der Waals surface area contributed by atoms with Crippen molar-refractivity contribution in [3.05, 3.63) is 36.4 Å². The molecule has 4 atom stereocenters. The standard InChI is InChI=1S/C16H15NO5/c1-21-10-4-2-9(3-5-10)17-8-16-7-6-11(22-16)12(15(19)20)13(16)14(17)18/h2-7,11-13H,8H2,1H3,(H,19,20)/p-1. The summed E-state index contributed by atoms with van der Waals surface area (Å²) in [4.78, 5) is 25.7. The van der Waals surface area contributed by atoms with Gasteiger partial charge in [-0.2, -0.15) is 0 Å². The van der Waals surface area contributed by atoms with E-state index >= 15 is 0 Å². The van der Waals surface area contributed by atoms with Crippen molar-refractivity contribution in [2.45, 2.75) is 11.7 Å². The van der Waals surface area contributed by atoms with Crippen LogP contribution in [-0.4, -0.2) is 37.2 Å². The lowest BCUT2D eigenvalue weighted by molar-refractivity contribution is -0.313. The molecule has 0 aromatic heterocycles. The van der Waals surface area contributed by atoms with Gasteiger partial charge in [-0.25, -0.2) is 0 Å². The summed E-state index contributed by atoms with van der Waals surface area (Å²) < 4.78 is 10.9. The van der Waals surface area contributed by atoms with Crippen molar-refractivity contribution < 1.29 is 24.2 Å². The van der Waals surface area contributed by atoms with E-state index < -0.39 is 29.5 Å². The van der Waals surface area contributed by atoms with E-state index in [9.17, 15) is 14.7 Å². The molecule has 1 aromatic carbocycles. The molecule has 4 rings (SSSR count). The summed E-state index contributed by atoms with van der Waals surface area (Å²) in [6.07, 6.45) is 2.99. The molecule has 22 heavy (non-hydrogen) atoms. The molecule has 6 nitrogen and oxygen atoms in total. The first-order valence-corrected chi connectivity index (χ1v) is 7.09. The smallest absolute Gasteiger partial charge is 0.234 e. The van der Waals surface area contributed by atoms with Gasteiger partial charge in [0, 0.05) is 17.6 Å². The van der Waals surface area contributed by atoms with Crippen LogP contribution in [0.1, 0.15) is 0 Å². The van der Waals surface area contributed by atoms with Gasteiger partial charge in [-0.05, 0) is 24.3 Å². The number of rotatable bonds is 3. The molecule has 1 aromatic rings. The van der Waals surface area contributed by atoms with Gasteiger partial charge in [0.15, 0.2) is 0 Å². The molecule has 3 heterocycles. The number of ether oxygens (including phenoxy) is 2. The first-order chi connectivity index (χ1) is 10.6. The van der Waals surface area contributed by atoms with Crippen LogP contribution >= 0.6 is 0 Å². The molecule has 0 radical (unpaired) electrons. The molecule has 114 valence electrons. The van der Waals surface area contributed by atoms with E-state index in [1.165, 1.54) is 0 Å². The topological polar surface area (TPSA) is 78.9 Å². The molecule has 3 aliphatic rings. The largest absolute Gasteiger partial charge is 0.550 e. The number of carboxylic acid groups (broad SMARTS) is 1. The number of hydrogen-bond acceptors (Lipinski definition) is 5. The van der Waals surface area contributed by atoms with Gasteiger partial charge in [0.2, 0.25) is 5.91 Å². The zero-order valence-electron chi connectivity index (χ0n) is 11.9. The molecule has 0 aliphatic carbocycles. The van der Waals surface area contributed by atoms with Crippen molar-refractivity contribution in [3.63, 3.8) is 0 Å². The summed E-state index contributed by atoms with van der Waals surface area (Å²) in [6.45, 7) is 0.319. The van der Waals surface area contributed by atoms with Crippen LogP contribution in [-0.2, 0) is 14.3 Å². The van der Waals surface area contributed by atoms with Crippen LogP contribution in [0.15, 0.2) is 36.4 Å². The molecule has 4 unspecified atom stereocenters. The molecular formula is C16H14NO5-. The normalized spacial score (nSPS) is 35.0. The Morgan fingerprint density at radius 2 is 2.14 bits per heavy atom. The number of aliphatic carboxylic acids is 1. The zero-order valence-corrected chi connectivity index (χ0v) is 11.9. The van der Waals surface area contributed by atoms with Gasteiger partial charge in [0.1, 0.15) is 11.4 Å². The Kier molecular flexibility index (Phi) is 2.62. The highest BCUT2D eigenvalue weighted by Gasteiger charge is 2.65. The number of fused-ring (bicyclic) bond motifs is 1. The molecule has 3 aliphatic heterocycles. The van der Waals surface area contributed by atoms with Gasteiger partial charge in [0.05, 0.1) is 25.7 Å². The van der Waals surface area contributed by atoms with Gasteiger partial charge in [-0.15, -0.1) is 0 Å². The summed E-state index contributed by atoms with van der Waals surface area (Å²) in [6, 6.07) is 7.08. The third-order valence-corrected chi connectivity index (χ3v) is 4.76. The molecule has 2 saturated heterocycles. The van der Waals surface area contributed by atoms with Crippen LogP contribution in [0.5, 0.6) is 5.75 Å². The van der Waals surface area contributed by atoms with Crippen LogP contribution in [0.2, 0.25) is 0 Å². The van der Waals surface area contributed by atoms with E-state index in [0.717, 1.165) is 0 Å². The number of nitrogens with zero attached hydrogens (tertiary/aromatic N) is 1. The fraction of sp³-hybridized carbons (Fsp3) is 0.375. The number of carbonyl (C=O) groups excluding carboxylic acids is 2. The van der Waals surface area contributed by atoms with Crippen molar-refractivity contribution in [3.8, 4) is 5.75 Å². The van der Waals surface area contributed by atoms with E-state index in [1.807, 2.05) is 6.08 Å². The first kappa shape index (κ1) is 13.3. The maximum atomic E-state index is 12.7. The summed E-state index contributed by atoms with van der Waals surface area (Å²) in [5.41, 5.74) is -0.140. The lowest BCUT2D eigenvalue weighted by Gasteiger charge is -2.24. The third-order valence-electron chi connectivity index (χ3n) is 4.76. The molecule has 2 fully saturated rings. The van der Waals surface area contributed by atoms with E-state index in [2.05, 4.69) is 0 Å². The Morgan fingerprint density at radius 1 is 1.41 bits per heavy atom. The maximum Gasteiger partial charge on any atom is 0.234 e. The minimum atomic E-state index is -1.23. The number of benzene rings is 1. The predicted octanol–water partition coefficient (Wildman–Crippen LogP) is -0.269. The van der Waals surface area contributed by atoms with Crippen LogP contribution < -0.4 is 14.7 Å². The van der Waals surface area contributed by atoms with Crippen LogP contribution in [0.4, 0.5) is 5.69 Å². The number of hydrogen-bond donors (Lipinski definition) is 0. The molecule has 0 N–H and O–H groups in total. The molecule has 1 spiro atoms. The number of carboxylic acids is 1. The van der Waals surface area contributed by atoms with Crippen molar-refractivity contribution in [2.75, 3.05) is 18.6 Å². The van der Waals surface area contributed by atoms with Crippen LogP contribution in [0.25, 0.3) is 0 Å². The Balaban J connectivity index is 1.70. The van der Waals surface area contributed by atoms with Gasteiger partial charge in [-0.3, -0.25) is 4.79 Å². The highest BCUT2D eigenvalue weighted by molar-refractivity contribution is 6.02. The Morgan fingerprint density at radius 3 is 2.77 bits per heavy atom. The van der Waals surface area contributed by atoms with Crippen molar-refractivity contribution in [1.29, 1.82) is 0 Å². The average Bonchev–Trinajstić information content (AvgIpc) is 3.15. The SMILES string of the molecule is COc1ccc(N2CC34C=CC(O3)C(C(=O)[O-])C4C2=O)cc1. The molecule has 2 bridgehead atoms. The van der Waals surface area contributed by atoms with Gasteiger partial charge >= 0.3 is 0 Å². The molecular weight excluding hydrogens is 286 g/mol. The second kappa shape index (κ2) is 4.33. The quantitative estimate of drug-likeness (QED) is 0.718. The molecule has 1 amide bonds. The van der Waals surface area contributed by atoms with Gasteiger partial charge in [0.25, 0.3) is 0 Å². The van der Waals surface area contributed by atoms with Crippen molar-refractivity contribution in [2.24, 2.45) is 11.8 Å². The Labute approximate surface area is 126 Å². The van der Waals surface area contributed by atoms with E-state index in [-0.39, 0.29) is 5.91 Å². The average molecular weight is 300 g/mol. The number of anilines is 1. The molecule has 6 heteroatoms. The number of amides is 1. The summed E-state index contributed by atoms with van der Waals surface area (Å²) in [5, 5.41) is 11.4. The second-order valence-electron chi connectivity index (χ2n) is 5.84. The van der Waals surface area contributed by atoms with Crippen LogP contribution in [0, 0.1) is 11.8 Å². The van der Waals surface area contributed by atoms with Gasteiger partial charge < -0.3 is 24.3 Å². The summed E-state index contributed by atoms with van der Waals surface area (Å²) in [7, 11) is 1.57. The maximum absolute atomic E-state index is 12.7. The summed E-state index contributed by atoms with van der Waals surface area (Å²) >= 11 is 0. The zero-order chi connectivity index (χ0) is 15.5. The van der Waals surface area contributed by atoms with Crippen LogP contribution in [0.3, 0.4) is 0 Å². The fourth-order valence-corrected chi connectivity index (χ4v) is 3.75. The minimum absolute atomic E-state index is 0.230. The van der Waals surface area contributed by atoms with E-state index in [4.69, 9.17) is 9.47 Å². The Bertz CT molecular complexity index is 682. The lowest BCUT2D eigenvalue weighted by atomic mass is 9.77. The van der Waals surface area contributed by atoms with Crippen molar-refractivity contribution in [1.82, 2.24) is 0 Å². The number of carbonyl (C=O) groups is 2. The summed E-state index contributed by atoms with van der Waals surface area (Å²) in [5.74, 6) is -2.40. The predicted molar refractivity (Wildman–Crippen MR) is 74.1 cm³/mol. The third kappa shape index (κ3) is 1.58. The van der Waals surface area contributed by atoms with Gasteiger partial charge in [-0.1, -0.05) is 12.2 Å². The highest BCUT2D eigenvalue weighted by Crippen LogP contribution is 2.52. The van der Waals surface area contributed by atoms with E-state index in [1.54, 1.807) is 42.4 Å². The molecule has 0 saturated carbocycles. The van der Waals surface area contributed by atoms with E-state index in [0.29, 0.717) is 18.0 Å². The number of methoxy groups -OCH3 is 1. The second-order valence-corrected chi connectivity index (χ2v) is 5.84. The lowest BCUT2D eigenvalue weighted by Crippen LogP contribution is -2.45. The fourth-order valence-electron chi connectivity index (χ4n) is 3.75. The van der Waals surface area contributed by atoms with Crippen molar-refractivity contribution >= 4 is 17.6 Å². The highest BCUT2D eigenvalue weighted by atomic mass is 16.5. The first-order valence-electron chi connectivity index (χ1n) is 7.09. The monoisotopic (exact) mass is 300 g/mol. The minimum Gasteiger partial charge on any atom is -0.550 e. The Hall–Kier alpha value is -2.34.